The van der Waals surface area contributed by atoms with Crippen LogP contribution >= 0.6 is 0 Å². The normalized spacial score (nSPS) is 10.7. The van der Waals surface area contributed by atoms with Crippen molar-refractivity contribution in [2.24, 2.45) is 0 Å². The third-order valence-corrected chi connectivity index (χ3v) is 3.55. The maximum atomic E-state index is 12.0. The summed E-state index contributed by atoms with van der Waals surface area (Å²) in [5, 5.41) is 0. The lowest BCUT2D eigenvalue weighted by Gasteiger charge is -2.11. The van der Waals surface area contributed by atoms with Gasteiger partial charge in [0.25, 0.3) is 5.56 Å². The summed E-state index contributed by atoms with van der Waals surface area (Å²) in [5.41, 5.74) is 4.93. The van der Waals surface area contributed by atoms with Crippen LogP contribution in [-0.2, 0) is 6.42 Å². The molecule has 3 nitrogen and oxygen atoms in total. The molecule has 1 N–H and O–H groups in total. The molecule has 3 heteroatoms. The summed E-state index contributed by atoms with van der Waals surface area (Å²) in [7, 11) is 0. The van der Waals surface area contributed by atoms with Gasteiger partial charge < -0.3 is 4.98 Å². The highest BCUT2D eigenvalue weighted by Crippen LogP contribution is 2.25. The number of aromatic amines is 1. The van der Waals surface area contributed by atoms with Crippen LogP contribution in [0.2, 0.25) is 0 Å². The molecule has 0 aliphatic carbocycles. The van der Waals surface area contributed by atoms with E-state index in [0.717, 1.165) is 29.9 Å². The van der Waals surface area contributed by atoms with Crippen molar-refractivity contribution in [2.75, 3.05) is 0 Å². The van der Waals surface area contributed by atoms with Crippen molar-refractivity contribution >= 4 is 0 Å². The second-order valence-corrected chi connectivity index (χ2v) is 4.98. The van der Waals surface area contributed by atoms with Gasteiger partial charge in [-0.15, -0.1) is 0 Å². The molecule has 0 unspecified atom stereocenters. The second kappa shape index (κ2) is 5.39. The molecule has 0 radical (unpaired) electrons. The lowest BCUT2D eigenvalue weighted by molar-refractivity contribution is 0.822. The molecule has 0 saturated heterocycles. The van der Waals surface area contributed by atoms with E-state index in [-0.39, 0.29) is 5.56 Å². The lowest BCUT2D eigenvalue weighted by atomic mass is 9.98. The zero-order valence-corrected chi connectivity index (χ0v) is 12.0. The van der Waals surface area contributed by atoms with E-state index in [1.807, 2.05) is 19.1 Å². The van der Waals surface area contributed by atoms with Gasteiger partial charge in [-0.25, -0.2) is 4.98 Å². The first-order chi connectivity index (χ1) is 9.04. The van der Waals surface area contributed by atoms with Gasteiger partial charge in [0.2, 0.25) is 0 Å². The van der Waals surface area contributed by atoms with E-state index in [1.165, 1.54) is 11.1 Å². The first-order valence-corrected chi connectivity index (χ1v) is 6.71. The number of hydrogen-bond acceptors (Lipinski definition) is 2. The van der Waals surface area contributed by atoms with Crippen LogP contribution in [0.15, 0.2) is 23.0 Å². The van der Waals surface area contributed by atoms with Gasteiger partial charge in [-0.05, 0) is 38.3 Å². The summed E-state index contributed by atoms with van der Waals surface area (Å²) in [4.78, 5) is 19.5. The van der Waals surface area contributed by atoms with Gasteiger partial charge in [0.05, 0.1) is 5.69 Å². The SMILES string of the molecule is CCCc1nc(-c2cccc(C)c2C)c(C)c(=O)[nH]1. The Hall–Kier alpha value is -1.90. The van der Waals surface area contributed by atoms with Gasteiger partial charge in [0.1, 0.15) is 5.82 Å². The van der Waals surface area contributed by atoms with Crippen molar-refractivity contribution in [1.82, 2.24) is 9.97 Å². The monoisotopic (exact) mass is 256 g/mol. The van der Waals surface area contributed by atoms with Crippen molar-refractivity contribution in [3.8, 4) is 11.3 Å². The molecule has 2 aromatic rings. The minimum absolute atomic E-state index is 0.0330. The third kappa shape index (κ3) is 2.60. The Morgan fingerprint density at radius 3 is 2.58 bits per heavy atom. The Labute approximate surface area is 113 Å². The van der Waals surface area contributed by atoms with Crippen molar-refractivity contribution in [1.29, 1.82) is 0 Å². The van der Waals surface area contributed by atoms with E-state index in [2.05, 4.69) is 36.8 Å². The van der Waals surface area contributed by atoms with Crippen LogP contribution in [0.3, 0.4) is 0 Å². The molecule has 1 heterocycles. The average molecular weight is 256 g/mol. The summed E-state index contributed by atoms with van der Waals surface area (Å²) >= 11 is 0. The molecular formula is C16H20N2O. The van der Waals surface area contributed by atoms with Gasteiger partial charge in [0.15, 0.2) is 0 Å². The van der Waals surface area contributed by atoms with E-state index in [9.17, 15) is 4.79 Å². The molecule has 0 aliphatic heterocycles. The predicted octanol–water partition coefficient (Wildman–Crippen LogP) is 3.31. The molecule has 0 aliphatic rings. The highest BCUT2D eigenvalue weighted by atomic mass is 16.1. The highest BCUT2D eigenvalue weighted by molar-refractivity contribution is 5.67. The first-order valence-electron chi connectivity index (χ1n) is 6.71. The lowest BCUT2D eigenvalue weighted by Crippen LogP contribution is -2.16. The van der Waals surface area contributed by atoms with Crippen molar-refractivity contribution in [2.45, 2.75) is 40.5 Å². The maximum absolute atomic E-state index is 12.0. The number of hydrogen-bond donors (Lipinski definition) is 1. The molecule has 0 amide bonds. The van der Waals surface area contributed by atoms with E-state index < -0.39 is 0 Å². The van der Waals surface area contributed by atoms with Gasteiger partial charge >= 0.3 is 0 Å². The van der Waals surface area contributed by atoms with E-state index in [4.69, 9.17) is 0 Å². The topological polar surface area (TPSA) is 45.8 Å². The molecule has 0 fully saturated rings. The molecule has 0 bridgehead atoms. The van der Waals surface area contributed by atoms with E-state index in [1.54, 1.807) is 0 Å². The largest absolute Gasteiger partial charge is 0.310 e. The number of rotatable bonds is 3. The minimum Gasteiger partial charge on any atom is -0.310 e. The summed E-state index contributed by atoms with van der Waals surface area (Å²) in [6.07, 6.45) is 1.77. The molecular weight excluding hydrogens is 236 g/mol. The maximum Gasteiger partial charge on any atom is 0.254 e. The van der Waals surface area contributed by atoms with Crippen LogP contribution in [-0.4, -0.2) is 9.97 Å². The molecule has 1 aromatic heterocycles. The fraction of sp³-hybridized carbons (Fsp3) is 0.375. The average Bonchev–Trinajstić information content (AvgIpc) is 2.37. The number of H-pyrrole nitrogens is 1. The zero-order chi connectivity index (χ0) is 14.0. The molecule has 0 saturated carbocycles. The summed E-state index contributed by atoms with van der Waals surface area (Å²) in [6.45, 7) is 8.07. The molecule has 1 aromatic carbocycles. The third-order valence-electron chi connectivity index (χ3n) is 3.55. The summed E-state index contributed by atoms with van der Waals surface area (Å²) < 4.78 is 0. The molecule has 0 spiro atoms. The number of nitrogens with zero attached hydrogens (tertiary/aromatic N) is 1. The summed E-state index contributed by atoms with van der Waals surface area (Å²) in [6, 6.07) is 6.13. The molecule has 0 atom stereocenters. The molecule has 19 heavy (non-hydrogen) atoms. The number of aromatic nitrogens is 2. The number of aryl methyl sites for hydroxylation is 2. The second-order valence-electron chi connectivity index (χ2n) is 4.98. The van der Waals surface area contributed by atoms with Crippen LogP contribution < -0.4 is 5.56 Å². The van der Waals surface area contributed by atoms with E-state index in [0.29, 0.717) is 5.56 Å². The standard InChI is InChI=1S/C16H20N2O/c1-5-7-14-17-15(12(4)16(19)18-14)13-9-6-8-10(2)11(13)3/h6,8-9H,5,7H2,1-4H3,(H,17,18,19). The Morgan fingerprint density at radius 2 is 1.89 bits per heavy atom. The van der Waals surface area contributed by atoms with Crippen molar-refractivity contribution < 1.29 is 0 Å². The van der Waals surface area contributed by atoms with Crippen LogP contribution in [0.1, 0.15) is 35.9 Å². The predicted molar refractivity (Wildman–Crippen MR) is 78.5 cm³/mol. The Balaban J connectivity index is 2.67. The van der Waals surface area contributed by atoms with Gasteiger partial charge in [-0.1, -0.05) is 25.1 Å². The quantitative estimate of drug-likeness (QED) is 0.915. The van der Waals surface area contributed by atoms with Crippen LogP contribution in [0.5, 0.6) is 0 Å². The fourth-order valence-corrected chi connectivity index (χ4v) is 2.20. The van der Waals surface area contributed by atoms with Crippen LogP contribution in [0.4, 0.5) is 0 Å². The summed E-state index contributed by atoms with van der Waals surface area (Å²) in [5.74, 6) is 0.772. The number of benzene rings is 1. The smallest absolute Gasteiger partial charge is 0.254 e. The van der Waals surface area contributed by atoms with Crippen molar-refractivity contribution in [3.63, 3.8) is 0 Å². The Morgan fingerprint density at radius 1 is 1.16 bits per heavy atom. The Kier molecular flexibility index (Phi) is 3.84. The fourth-order valence-electron chi connectivity index (χ4n) is 2.20. The van der Waals surface area contributed by atoms with Crippen LogP contribution in [0.25, 0.3) is 11.3 Å². The van der Waals surface area contributed by atoms with Crippen LogP contribution in [0, 0.1) is 20.8 Å². The zero-order valence-electron chi connectivity index (χ0n) is 12.0. The molecule has 100 valence electrons. The number of nitrogens with one attached hydrogen (secondary N) is 1. The highest BCUT2D eigenvalue weighted by Gasteiger charge is 2.12. The Bertz CT molecular complexity index is 656. The minimum atomic E-state index is -0.0330. The van der Waals surface area contributed by atoms with Gasteiger partial charge in [-0.3, -0.25) is 4.79 Å². The van der Waals surface area contributed by atoms with Gasteiger partial charge in [-0.2, -0.15) is 0 Å². The van der Waals surface area contributed by atoms with Crippen molar-refractivity contribution in [3.05, 3.63) is 51.1 Å². The molecule has 2 rings (SSSR count). The van der Waals surface area contributed by atoms with E-state index >= 15 is 0 Å². The van der Waals surface area contributed by atoms with Gasteiger partial charge in [0, 0.05) is 17.5 Å². The first kappa shape index (κ1) is 13.5.